The molecule has 18 heavy (non-hydrogen) atoms. The van der Waals surface area contributed by atoms with Crippen LogP contribution in [0.5, 0.6) is 5.75 Å². The number of likely N-dealkylation sites (N-methyl/N-ethyl adjacent to an activating group) is 1. The number of rotatable bonds is 5. The predicted octanol–water partition coefficient (Wildman–Crippen LogP) is -0.611. The summed E-state index contributed by atoms with van der Waals surface area (Å²) in [6.45, 7) is 12.6. The lowest BCUT2D eigenvalue weighted by molar-refractivity contribution is -1.02. The molecule has 0 radical (unpaired) electrons. The molecule has 1 saturated heterocycles. The van der Waals surface area contributed by atoms with E-state index in [1.165, 1.54) is 38.3 Å². The van der Waals surface area contributed by atoms with E-state index in [2.05, 4.69) is 31.2 Å². The number of hydrogen-bond acceptors (Lipinski definition) is 1. The Bertz CT molecular complexity index is 359. The topological polar surface area (TPSA) is 18.1 Å². The van der Waals surface area contributed by atoms with Crippen molar-refractivity contribution in [3.05, 3.63) is 29.8 Å². The highest BCUT2D eigenvalue weighted by Gasteiger charge is 2.22. The summed E-state index contributed by atoms with van der Waals surface area (Å²) in [5.74, 6) is 1.07. The summed E-state index contributed by atoms with van der Waals surface area (Å²) in [7, 11) is 0. The first kappa shape index (κ1) is 13.4. The number of piperazine rings is 1. The molecule has 0 aromatic heterocycles. The van der Waals surface area contributed by atoms with Gasteiger partial charge in [-0.2, -0.15) is 0 Å². The van der Waals surface area contributed by atoms with E-state index < -0.39 is 0 Å². The van der Waals surface area contributed by atoms with Crippen LogP contribution in [0.4, 0.5) is 0 Å². The summed E-state index contributed by atoms with van der Waals surface area (Å²) in [5.41, 5.74) is 1.36. The van der Waals surface area contributed by atoms with Crippen LogP contribution in [-0.2, 0) is 6.54 Å². The molecule has 1 aromatic rings. The second kappa shape index (κ2) is 6.76. The average molecular weight is 250 g/mol. The number of hydrogen-bond donors (Lipinski definition) is 2. The summed E-state index contributed by atoms with van der Waals surface area (Å²) in [6.07, 6.45) is 0. The molecule has 1 heterocycles. The fourth-order valence-electron chi connectivity index (χ4n) is 2.70. The molecule has 0 spiro atoms. The normalized spacial score (nSPS) is 23.9. The Morgan fingerprint density at radius 1 is 1.00 bits per heavy atom. The lowest BCUT2D eigenvalue weighted by Gasteiger charge is -2.29. The van der Waals surface area contributed by atoms with E-state index in [1.807, 2.05) is 6.92 Å². The van der Waals surface area contributed by atoms with Crippen LogP contribution in [0, 0.1) is 0 Å². The average Bonchev–Trinajstić information content (AvgIpc) is 2.42. The SMILES string of the molecule is CCOc1ccccc1C[NH+]1CC[NH+](CC)CC1. The number of benzene rings is 1. The van der Waals surface area contributed by atoms with Crippen molar-refractivity contribution in [3.8, 4) is 5.75 Å². The van der Waals surface area contributed by atoms with Gasteiger partial charge in [-0.25, -0.2) is 0 Å². The van der Waals surface area contributed by atoms with Crippen molar-refractivity contribution in [1.82, 2.24) is 0 Å². The van der Waals surface area contributed by atoms with Gasteiger partial charge in [0.2, 0.25) is 0 Å². The number of ether oxygens (including phenoxy) is 1. The van der Waals surface area contributed by atoms with Crippen molar-refractivity contribution in [2.75, 3.05) is 39.3 Å². The zero-order valence-electron chi connectivity index (χ0n) is 11.7. The minimum absolute atomic E-state index is 0.750. The summed E-state index contributed by atoms with van der Waals surface area (Å²) in [5, 5.41) is 0. The van der Waals surface area contributed by atoms with Crippen LogP contribution in [0.3, 0.4) is 0 Å². The lowest BCUT2D eigenvalue weighted by atomic mass is 10.1. The molecular formula is C15H26N2O+2. The number of quaternary nitrogens is 2. The first-order valence-electron chi connectivity index (χ1n) is 7.21. The van der Waals surface area contributed by atoms with Gasteiger partial charge in [0, 0.05) is 5.56 Å². The van der Waals surface area contributed by atoms with Gasteiger partial charge in [-0.15, -0.1) is 0 Å². The zero-order chi connectivity index (χ0) is 12.8. The molecule has 1 aliphatic heterocycles. The van der Waals surface area contributed by atoms with Gasteiger partial charge >= 0.3 is 0 Å². The van der Waals surface area contributed by atoms with Gasteiger partial charge in [-0.05, 0) is 26.0 Å². The van der Waals surface area contributed by atoms with Crippen molar-refractivity contribution in [1.29, 1.82) is 0 Å². The predicted molar refractivity (Wildman–Crippen MR) is 73.2 cm³/mol. The second-order valence-electron chi connectivity index (χ2n) is 5.07. The molecule has 2 rings (SSSR count). The molecule has 1 aliphatic rings. The smallest absolute Gasteiger partial charge is 0.128 e. The minimum Gasteiger partial charge on any atom is -0.493 e. The Labute approximate surface area is 110 Å². The van der Waals surface area contributed by atoms with Crippen LogP contribution in [0.15, 0.2) is 24.3 Å². The van der Waals surface area contributed by atoms with E-state index in [0.717, 1.165) is 18.9 Å². The van der Waals surface area contributed by atoms with Crippen LogP contribution >= 0.6 is 0 Å². The molecule has 0 bridgehead atoms. The summed E-state index contributed by atoms with van der Waals surface area (Å²) in [4.78, 5) is 3.44. The first-order valence-corrected chi connectivity index (χ1v) is 7.21. The molecule has 1 fully saturated rings. The van der Waals surface area contributed by atoms with E-state index in [0.29, 0.717) is 0 Å². The van der Waals surface area contributed by atoms with Gasteiger partial charge in [-0.3, -0.25) is 0 Å². The van der Waals surface area contributed by atoms with Crippen molar-refractivity contribution in [2.24, 2.45) is 0 Å². The molecule has 0 unspecified atom stereocenters. The highest BCUT2D eigenvalue weighted by atomic mass is 16.5. The van der Waals surface area contributed by atoms with E-state index in [1.54, 1.807) is 9.80 Å². The Morgan fingerprint density at radius 3 is 2.33 bits per heavy atom. The summed E-state index contributed by atoms with van der Waals surface area (Å²) >= 11 is 0. The summed E-state index contributed by atoms with van der Waals surface area (Å²) in [6, 6.07) is 8.47. The van der Waals surface area contributed by atoms with Crippen molar-refractivity contribution >= 4 is 0 Å². The molecule has 0 atom stereocenters. The van der Waals surface area contributed by atoms with Gasteiger partial charge in [0.05, 0.1) is 13.2 Å². The lowest BCUT2D eigenvalue weighted by Crippen LogP contribution is -3.27. The van der Waals surface area contributed by atoms with Crippen molar-refractivity contribution in [3.63, 3.8) is 0 Å². The molecular weight excluding hydrogens is 224 g/mol. The van der Waals surface area contributed by atoms with Gasteiger partial charge in [0.15, 0.2) is 0 Å². The Balaban J connectivity index is 1.93. The Hall–Kier alpha value is -1.06. The monoisotopic (exact) mass is 250 g/mol. The van der Waals surface area contributed by atoms with Gasteiger partial charge in [0.1, 0.15) is 38.5 Å². The molecule has 100 valence electrons. The van der Waals surface area contributed by atoms with E-state index in [-0.39, 0.29) is 0 Å². The maximum atomic E-state index is 5.70. The third kappa shape index (κ3) is 3.47. The Kier molecular flexibility index (Phi) is 5.02. The van der Waals surface area contributed by atoms with Crippen LogP contribution in [-0.4, -0.2) is 39.3 Å². The number of nitrogens with one attached hydrogen (secondary N) is 2. The van der Waals surface area contributed by atoms with Crippen LogP contribution < -0.4 is 14.5 Å². The third-order valence-electron chi connectivity index (χ3n) is 3.88. The maximum Gasteiger partial charge on any atom is 0.128 e. The number of para-hydroxylation sites is 1. The molecule has 2 N–H and O–H groups in total. The fraction of sp³-hybridized carbons (Fsp3) is 0.600. The summed E-state index contributed by atoms with van der Waals surface area (Å²) < 4.78 is 5.70. The fourth-order valence-corrected chi connectivity index (χ4v) is 2.70. The van der Waals surface area contributed by atoms with Gasteiger partial charge < -0.3 is 14.5 Å². The molecule has 3 heteroatoms. The third-order valence-corrected chi connectivity index (χ3v) is 3.88. The quantitative estimate of drug-likeness (QED) is 0.713. The zero-order valence-corrected chi connectivity index (χ0v) is 11.7. The standard InChI is InChI=1S/C15H24N2O/c1-3-16-9-11-17(12-10-16)13-14-7-5-6-8-15(14)18-4-2/h5-8H,3-4,9-13H2,1-2H3/p+2. The second-order valence-corrected chi connectivity index (χ2v) is 5.07. The largest absolute Gasteiger partial charge is 0.493 e. The molecule has 3 nitrogen and oxygen atoms in total. The van der Waals surface area contributed by atoms with E-state index in [4.69, 9.17) is 4.74 Å². The van der Waals surface area contributed by atoms with Gasteiger partial charge in [0.25, 0.3) is 0 Å². The molecule has 0 amide bonds. The highest BCUT2D eigenvalue weighted by Crippen LogP contribution is 2.16. The van der Waals surface area contributed by atoms with Crippen LogP contribution in [0.25, 0.3) is 0 Å². The minimum atomic E-state index is 0.750. The molecule has 0 aliphatic carbocycles. The van der Waals surface area contributed by atoms with Crippen LogP contribution in [0.1, 0.15) is 19.4 Å². The van der Waals surface area contributed by atoms with E-state index in [9.17, 15) is 0 Å². The molecule has 0 saturated carbocycles. The van der Waals surface area contributed by atoms with Gasteiger partial charge in [-0.1, -0.05) is 12.1 Å². The van der Waals surface area contributed by atoms with Crippen molar-refractivity contribution in [2.45, 2.75) is 20.4 Å². The van der Waals surface area contributed by atoms with E-state index >= 15 is 0 Å². The van der Waals surface area contributed by atoms with Crippen LogP contribution in [0.2, 0.25) is 0 Å². The molecule has 1 aromatic carbocycles. The highest BCUT2D eigenvalue weighted by molar-refractivity contribution is 5.32. The Morgan fingerprint density at radius 2 is 1.67 bits per heavy atom. The van der Waals surface area contributed by atoms with Crippen molar-refractivity contribution < 1.29 is 14.5 Å². The first-order chi connectivity index (χ1) is 8.83. The maximum absolute atomic E-state index is 5.70.